The summed E-state index contributed by atoms with van der Waals surface area (Å²) in [5, 5.41) is 12.4. The summed E-state index contributed by atoms with van der Waals surface area (Å²) in [6.45, 7) is 7.71. The fourth-order valence-electron chi connectivity index (χ4n) is 4.46. The first-order valence-electron chi connectivity index (χ1n) is 10.5. The summed E-state index contributed by atoms with van der Waals surface area (Å²) in [5.74, 6) is -1.93. The number of benzene rings is 1. The molecular formula is C23H33NO6. The number of ether oxygens (including phenoxy) is 2. The lowest BCUT2D eigenvalue weighted by molar-refractivity contribution is -0.858. The molecule has 1 aliphatic heterocycles. The van der Waals surface area contributed by atoms with Crippen LogP contribution in [0.15, 0.2) is 18.2 Å². The highest BCUT2D eigenvalue weighted by Crippen LogP contribution is 2.44. The van der Waals surface area contributed by atoms with Crippen LogP contribution in [0.5, 0.6) is 11.5 Å². The molecule has 7 nitrogen and oxygen atoms in total. The molecule has 1 amide bonds. The van der Waals surface area contributed by atoms with Crippen LogP contribution in [0.3, 0.4) is 0 Å². The van der Waals surface area contributed by atoms with Crippen molar-refractivity contribution in [3.63, 3.8) is 0 Å². The van der Waals surface area contributed by atoms with Crippen LogP contribution in [0.4, 0.5) is 0 Å². The molecule has 1 saturated heterocycles. The van der Waals surface area contributed by atoms with Gasteiger partial charge >= 0.3 is 5.91 Å². The highest BCUT2D eigenvalue weighted by Gasteiger charge is 2.57. The average Bonchev–Trinajstić information content (AvgIpc) is 3.12. The van der Waals surface area contributed by atoms with Gasteiger partial charge in [0, 0.05) is 17.4 Å². The number of carboxylic acid groups (broad SMARTS) is 1. The van der Waals surface area contributed by atoms with E-state index in [1.54, 1.807) is 32.0 Å². The van der Waals surface area contributed by atoms with E-state index in [-0.39, 0.29) is 13.1 Å². The lowest BCUT2D eigenvalue weighted by Crippen LogP contribution is -2.65. The number of hydrogen-bond donors (Lipinski definition) is 0. The van der Waals surface area contributed by atoms with E-state index in [9.17, 15) is 19.5 Å². The number of carbonyl (C=O) groups is 3. The van der Waals surface area contributed by atoms with Gasteiger partial charge in [0.2, 0.25) is 0 Å². The first-order chi connectivity index (χ1) is 14.1. The molecule has 1 aromatic rings. The number of likely N-dealkylation sites (tertiary alicyclic amines) is 1. The molecule has 1 aromatic carbocycles. The minimum absolute atomic E-state index is 0.266. The number of quaternary nitrogens is 1. The van der Waals surface area contributed by atoms with E-state index in [0.29, 0.717) is 36.3 Å². The van der Waals surface area contributed by atoms with Gasteiger partial charge in [-0.25, -0.2) is 9.28 Å². The third-order valence-electron chi connectivity index (χ3n) is 6.55. The van der Waals surface area contributed by atoms with Crippen molar-refractivity contribution in [2.75, 3.05) is 27.3 Å². The van der Waals surface area contributed by atoms with Gasteiger partial charge < -0.3 is 19.4 Å². The summed E-state index contributed by atoms with van der Waals surface area (Å²) in [6, 6.07) is 4.03. The minimum Gasteiger partial charge on any atom is -0.544 e. The zero-order valence-electron chi connectivity index (χ0n) is 18.8. The number of carboxylic acids is 1. The van der Waals surface area contributed by atoms with E-state index in [1.165, 1.54) is 14.2 Å². The van der Waals surface area contributed by atoms with Gasteiger partial charge in [0.15, 0.2) is 0 Å². The Labute approximate surface area is 178 Å². The van der Waals surface area contributed by atoms with Crippen LogP contribution in [0, 0.1) is 5.41 Å². The van der Waals surface area contributed by atoms with Crippen LogP contribution in [0.2, 0.25) is 0 Å². The summed E-state index contributed by atoms with van der Waals surface area (Å²) < 4.78 is 10.4. The van der Waals surface area contributed by atoms with Gasteiger partial charge in [0.25, 0.3) is 5.78 Å². The number of methoxy groups -OCH3 is 2. The van der Waals surface area contributed by atoms with Crippen LogP contribution in [0.25, 0.3) is 0 Å². The molecule has 2 unspecified atom stereocenters. The molecule has 0 bridgehead atoms. The number of nitrogens with zero attached hydrogens (tertiary/aromatic N) is 1. The Kier molecular flexibility index (Phi) is 7.29. The molecule has 0 saturated carbocycles. The molecule has 1 aliphatic rings. The Hall–Kier alpha value is -2.41. The van der Waals surface area contributed by atoms with E-state index >= 15 is 0 Å². The van der Waals surface area contributed by atoms with E-state index in [4.69, 9.17) is 9.47 Å². The first kappa shape index (κ1) is 23.9. The molecule has 1 heterocycles. The number of rotatable bonds is 9. The Balaban J connectivity index is 2.61. The highest BCUT2D eigenvalue weighted by atomic mass is 16.5. The SMILES string of the molecule is CCC[N+]1(C(=O)C(=O)C(C)(C)CC)CCC(c2cc(OC)ccc2OC)[C@H]1C(=O)[O-]. The van der Waals surface area contributed by atoms with Crippen molar-refractivity contribution in [2.45, 2.75) is 58.9 Å². The first-order valence-corrected chi connectivity index (χ1v) is 10.5. The number of hydrogen-bond acceptors (Lipinski definition) is 6. The summed E-state index contributed by atoms with van der Waals surface area (Å²) in [5.41, 5.74) is -0.199. The maximum Gasteiger partial charge on any atom is 0.382 e. The van der Waals surface area contributed by atoms with Crippen LogP contribution >= 0.6 is 0 Å². The van der Waals surface area contributed by atoms with Crippen molar-refractivity contribution in [3.05, 3.63) is 23.8 Å². The Morgan fingerprint density at radius 2 is 1.83 bits per heavy atom. The molecule has 1 fully saturated rings. The quantitative estimate of drug-likeness (QED) is 0.449. The molecular weight excluding hydrogens is 386 g/mol. The molecule has 3 atom stereocenters. The van der Waals surface area contributed by atoms with Crippen molar-refractivity contribution in [3.8, 4) is 11.5 Å². The maximum atomic E-state index is 13.5. The zero-order chi connectivity index (χ0) is 22.7. The second-order valence-electron chi connectivity index (χ2n) is 8.62. The van der Waals surface area contributed by atoms with Gasteiger partial charge in [0.1, 0.15) is 23.5 Å². The number of amides is 1. The van der Waals surface area contributed by atoms with Crippen molar-refractivity contribution >= 4 is 17.7 Å². The van der Waals surface area contributed by atoms with Gasteiger partial charge in [-0.2, -0.15) is 0 Å². The molecule has 0 N–H and O–H groups in total. The van der Waals surface area contributed by atoms with Crippen molar-refractivity contribution in [1.82, 2.24) is 0 Å². The normalized spacial score (nSPS) is 23.8. The Morgan fingerprint density at radius 1 is 1.17 bits per heavy atom. The molecule has 0 radical (unpaired) electrons. The Bertz CT molecular complexity index is 818. The van der Waals surface area contributed by atoms with E-state index in [1.807, 2.05) is 13.8 Å². The second-order valence-corrected chi connectivity index (χ2v) is 8.62. The Morgan fingerprint density at radius 3 is 2.33 bits per heavy atom. The van der Waals surface area contributed by atoms with Crippen LogP contribution < -0.4 is 14.6 Å². The van der Waals surface area contributed by atoms with Gasteiger partial charge in [-0.15, -0.1) is 0 Å². The van der Waals surface area contributed by atoms with Crippen LogP contribution in [-0.2, 0) is 14.4 Å². The van der Waals surface area contributed by atoms with Crippen LogP contribution in [0.1, 0.15) is 58.4 Å². The van der Waals surface area contributed by atoms with Gasteiger partial charge in [-0.1, -0.05) is 27.7 Å². The largest absolute Gasteiger partial charge is 0.544 e. The fourth-order valence-corrected chi connectivity index (χ4v) is 4.46. The summed E-state index contributed by atoms with van der Waals surface area (Å²) in [4.78, 5) is 39.0. The number of ketones is 1. The van der Waals surface area contributed by atoms with Crippen molar-refractivity contribution in [2.24, 2.45) is 5.41 Å². The molecule has 2 rings (SSSR count). The van der Waals surface area contributed by atoms with E-state index in [0.717, 1.165) is 0 Å². The smallest absolute Gasteiger partial charge is 0.382 e. The number of aliphatic carboxylic acids is 1. The summed E-state index contributed by atoms with van der Waals surface area (Å²) >= 11 is 0. The topological polar surface area (TPSA) is 92.7 Å². The molecule has 166 valence electrons. The highest BCUT2D eigenvalue weighted by molar-refractivity contribution is 6.35. The standard InChI is InChI=1S/C23H33NO6/c1-7-12-24(21(26)20(25)23(3,4)8-2)13-11-16(19(24)22(27)28)17-14-15(29-5)9-10-18(17)30-6/h9-10,14,16,19H,7-8,11-13H2,1-6H3/t16?,19-,24?/m0/s1. The van der Waals surface area contributed by atoms with E-state index < -0.39 is 39.5 Å². The predicted octanol–water partition coefficient (Wildman–Crippen LogP) is 2.07. The second kappa shape index (κ2) is 9.16. The lowest BCUT2D eigenvalue weighted by atomic mass is 9.83. The average molecular weight is 420 g/mol. The number of Topliss-reactive ketones (excluding diaryl/α,β-unsaturated/α-hetero) is 1. The minimum atomic E-state index is -1.33. The van der Waals surface area contributed by atoms with Gasteiger partial charge in [-0.3, -0.25) is 4.79 Å². The predicted molar refractivity (Wildman–Crippen MR) is 110 cm³/mol. The van der Waals surface area contributed by atoms with Crippen molar-refractivity contribution in [1.29, 1.82) is 0 Å². The van der Waals surface area contributed by atoms with E-state index in [2.05, 4.69) is 0 Å². The molecule has 0 aliphatic carbocycles. The monoisotopic (exact) mass is 419 g/mol. The lowest BCUT2D eigenvalue weighted by Gasteiger charge is -2.40. The third kappa shape index (κ3) is 4.08. The summed E-state index contributed by atoms with van der Waals surface area (Å²) in [7, 11) is 3.05. The van der Waals surface area contributed by atoms with Crippen LogP contribution in [-0.4, -0.2) is 55.5 Å². The molecule has 7 heteroatoms. The molecule has 0 spiro atoms. The molecule has 30 heavy (non-hydrogen) atoms. The zero-order valence-corrected chi connectivity index (χ0v) is 18.8. The van der Waals surface area contributed by atoms with Gasteiger partial charge in [0.05, 0.1) is 33.2 Å². The fraction of sp³-hybridized carbons (Fsp3) is 0.609. The maximum absolute atomic E-state index is 13.5. The summed E-state index contributed by atoms with van der Waals surface area (Å²) in [6.07, 6.45) is 1.48. The molecule has 0 aromatic heterocycles. The number of carbonyl (C=O) groups excluding carboxylic acids is 3. The third-order valence-corrected chi connectivity index (χ3v) is 6.55. The van der Waals surface area contributed by atoms with Gasteiger partial charge in [-0.05, 0) is 31.0 Å². The van der Waals surface area contributed by atoms with Crippen molar-refractivity contribution < 1.29 is 33.4 Å².